The predicted octanol–water partition coefficient (Wildman–Crippen LogP) is 3.67. The first-order valence-electron chi connectivity index (χ1n) is 14.0. The molecular formula is C32H28N4O5. The largest absolute Gasteiger partial charge is 0.486 e. The lowest BCUT2D eigenvalue weighted by Gasteiger charge is -2.30. The van der Waals surface area contributed by atoms with Gasteiger partial charge in [-0.25, -0.2) is 4.90 Å². The number of hydrogen-bond donors (Lipinski definition) is 3. The number of carbonyl (C=O) groups excluding carboxylic acids is 3. The molecule has 3 aromatic carbocycles. The standard InChI is InChI=1S/C32H28N4O5/c1-2-17-7-9-23-21(13-17)32(31(39)34-23)28-27(24(35-32)14-18-16-33-22-6-4-3-5-20(18)22)29(37)36(30(28)38)19-8-10-25-26(15-19)41-12-11-40-25/h3-10,13,15-16,24,27-28,33,35H,2,11-12,14H2,1H3,(H,34,39)/t24-,27+,28+,32-/m1/s1. The Hall–Kier alpha value is -4.63. The number of ether oxygens (including phenoxy) is 2. The fraction of sp³-hybridized carbons (Fsp3) is 0.281. The Bertz CT molecular complexity index is 1780. The molecule has 0 radical (unpaired) electrons. The molecule has 4 aliphatic heterocycles. The minimum atomic E-state index is -1.36. The molecule has 0 unspecified atom stereocenters. The summed E-state index contributed by atoms with van der Waals surface area (Å²) < 4.78 is 11.4. The molecule has 41 heavy (non-hydrogen) atoms. The topological polar surface area (TPSA) is 113 Å². The fourth-order valence-electron chi connectivity index (χ4n) is 7.21. The number of imide groups is 1. The van der Waals surface area contributed by atoms with Gasteiger partial charge in [0.05, 0.1) is 17.5 Å². The molecule has 206 valence electrons. The first-order valence-corrected chi connectivity index (χ1v) is 14.0. The van der Waals surface area contributed by atoms with Crippen LogP contribution in [0.2, 0.25) is 0 Å². The highest BCUT2D eigenvalue weighted by molar-refractivity contribution is 6.26. The summed E-state index contributed by atoms with van der Waals surface area (Å²) in [6.07, 6.45) is 3.20. The number of hydrogen-bond acceptors (Lipinski definition) is 6. The van der Waals surface area contributed by atoms with E-state index >= 15 is 0 Å². The van der Waals surface area contributed by atoms with Gasteiger partial charge < -0.3 is 19.8 Å². The predicted molar refractivity (Wildman–Crippen MR) is 152 cm³/mol. The average Bonchev–Trinajstić information content (AvgIpc) is 3.71. The number of amides is 3. The maximum atomic E-state index is 14.4. The number of nitrogens with zero attached hydrogens (tertiary/aromatic N) is 1. The first-order chi connectivity index (χ1) is 20.0. The second-order valence-corrected chi connectivity index (χ2v) is 11.2. The van der Waals surface area contributed by atoms with Gasteiger partial charge in [0.2, 0.25) is 17.7 Å². The molecule has 4 atom stereocenters. The summed E-state index contributed by atoms with van der Waals surface area (Å²) in [5.41, 5.74) is 3.52. The van der Waals surface area contributed by atoms with Gasteiger partial charge in [0.15, 0.2) is 11.5 Å². The van der Waals surface area contributed by atoms with Crippen LogP contribution in [0.25, 0.3) is 10.9 Å². The quantitative estimate of drug-likeness (QED) is 0.336. The Morgan fingerprint density at radius 2 is 1.78 bits per heavy atom. The Morgan fingerprint density at radius 1 is 0.951 bits per heavy atom. The average molecular weight is 549 g/mol. The summed E-state index contributed by atoms with van der Waals surface area (Å²) in [5, 5.41) is 7.63. The van der Waals surface area contributed by atoms with Crippen LogP contribution in [0.5, 0.6) is 11.5 Å². The van der Waals surface area contributed by atoms with Crippen molar-refractivity contribution in [3.8, 4) is 11.5 Å². The second-order valence-electron chi connectivity index (χ2n) is 11.2. The van der Waals surface area contributed by atoms with Crippen molar-refractivity contribution in [2.24, 2.45) is 11.8 Å². The maximum absolute atomic E-state index is 14.4. The molecule has 4 aromatic rings. The van der Waals surface area contributed by atoms with Gasteiger partial charge in [0, 0.05) is 40.5 Å². The number of fused-ring (bicyclic) bond motifs is 6. The summed E-state index contributed by atoms with van der Waals surface area (Å²) in [4.78, 5) is 47.2. The Morgan fingerprint density at radius 3 is 2.63 bits per heavy atom. The molecule has 2 saturated heterocycles. The Balaban J connectivity index is 1.27. The number of nitrogens with one attached hydrogen (secondary N) is 3. The zero-order valence-corrected chi connectivity index (χ0v) is 22.4. The normalized spacial score (nSPS) is 26.1. The molecule has 9 heteroatoms. The van der Waals surface area contributed by atoms with Gasteiger partial charge in [0.1, 0.15) is 18.8 Å². The number of rotatable bonds is 4. The van der Waals surface area contributed by atoms with Crippen molar-refractivity contribution in [3.05, 3.63) is 83.6 Å². The van der Waals surface area contributed by atoms with E-state index < -0.39 is 29.3 Å². The van der Waals surface area contributed by atoms with Crippen molar-refractivity contribution in [3.63, 3.8) is 0 Å². The van der Waals surface area contributed by atoms with Gasteiger partial charge in [-0.1, -0.05) is 37.3 Å². The number of aryl methyl sites for hydroxylation is 1. The van der Waals surface area contributed by atoms with Gasteiger partial charge in [-0.2, -0.15) is 0 Å². The van der Waals surface area contributed by atoms with E-state index in [1.807, 2.05) is 48.7 Å². The van der Waals surface area contributed by atoms with Crippen molar-refractivity contribution < 1.29 is 23.9 Å². The molecule has 5 heterocycles. The van der Waals surface area contributed by atoms with Crippen LogP contribution in [0, 0.1) is 11.8 Å². The van der Waals surface area contributed by atoms with Crippen molar-refractivity contribution in [2.75, 3.05) is 23.4 Å². The lowest BCUT2D eigenvalue weighted by atomic mass is 9.76. The molecule has 2 fully saturated rings. The van der Waals surface area contributed by atoms with Gasteiger partial charge >= 0.3 is 0 Å². The van der Waals surface area contributed by atoms with Crippen LogP contribution < -0.4 is 25.0 Å². The smallest absolute Gasteiger partial charge is 0.250 e. The van der Waals surface area contributed by atoms with Crippen molar-refractivity contribution in [2.45, 2.75) is 31.3 Å². The molecule has 0 bridgehead atoms. The summed E-state index contributed by atoms with van der Waals surface area (Å²) in [5.74, 6) is -1.60. The van der Waals surface area contributed by atoms with E-state index in [0.29, 0.717) is 42.5 Å². The van der Waals surface area contributed by atoms with Gasteiger partial charge in [0.25, 0.3) is 0 Å². The summed E-state index contributed by atoms with van der Waals surface area (Å²) in [6, 6.07) is 18.5. The number of H-pyrrole nitrogens is 1. The van der Waals surface area contributed by atoms with E-state index in [4.69, 9.17) is 9.47 Å². The van der Waals surface area contributed by atoms with Crippen LogP contribution in [-0.4, -0.2) is 42.0 Å². The van der Waals surface area contributed by atoms with Crippen LogP contribution in [0.1, 0.15) is 23.6 Å². The fourth-order valence-corrected chi connectivity index (χ4v) is 7.21. The first kappa shape index (κ1) is 24.2. The van der Waals surface area contributed by atoms with E-state index in [-0.39, 0.29) is 11.8 Å². The molecule has 9 nitrogen and oxygen atoms in total. The van der Waals surface area contributed by atoms with Gasteiger partial charge in [-0.05, 0) is 48.2 Å². The monoisotopic (exact) mass is 548 g/mol. The molecule has 0 saturated carbocycles. The highest BCUT2D eigenvalue weighted by atomic mass is 16.6. The molecule has 8 rings (SSSR count). The minimum Gasteiger partial charge on any atom is -0.486 e. The Kier molecular flexibility index (Phi) is 5.12. The maximum Gasteiger partial charge on any atom is 0.250 e. The van der Waals surface area contributed by atoms with Crippen LogP contribution in [-0.2, 0) is 32.8 Å². The molecule has 3 N–H and O–H groups in total. The van der Waals surface area contributed by atoms with Crippen molar-refractivity contribution >= 4 is 40.0 Å². The SMILES string of the molecule is CCc1ccc2c(c1)[C@]1(N[C@H](Cc3c[nH]c4ccccc34)[C@@H]3C(=O)N(c4ccc5c(c4)OCCO5)C(=O)[C@H]31)C(=O)N2. The number of carbonyl (C=O) groups is 3. The van der Waals surface area contributed by atoms with Crippen LogP contribution >= 0.6 is 0 Å². The summed E-state index contributed by atoms with van der Waals surface area (Å²) >= 11 is 0. The van der Waals surface area contributed by atoms with Crippen molar-refractivity contribution in [1.82, 2.24) is 10.3 Å². The molecule has 4 aliphatic rings. The molecule has 1 spiro atoms. The zero-order valence-electron chi connectivity index (χ0n) is 22.4. The van der Waals surface area contributed by atoms with Gasteiger partial charge in [-0.3, -0.25) is 19.7 Å². The third kappa shape index (κ3) is 3.29. The molecule has 1 aromatic heterocycles. The van der Waals surface area contributed by atoms with E-state index in [1.54, 1.807) is 18.2 Å². The number of anilines is 2. The van der Waals surface area contributed by atoms with Crippen LogP contribution in [0.4, 0.5) is 11.4 Å². The van der Waals surface area contributed by atoms with Crippen LogP contribution in [0.15, 0.2) is 66.9 Å². The van der Waals surface area contributed by atoms with E-state index in [1.165, 1.54) is 4.90 Å². The van der Waals surface area contributed by atoms with E-state index in [9.17, 15) is 14.4 Å². The van der Waals surface area contributed by atoms with Gasteiger partial charge in [-0.15, -0.1) is 0 Å². The molecule has 3 amide bonds. The van der Waals surface area contributed by atoms with Crippen LogP contribution in [0.3, 0.4) is 0 Å². The third-order valence-electron chi connectivity index (χ3n) is 9.09. The van der Waals surface area contributed by atoms with Crippen molar-refractivity contribution in [1.29, 1.82) is 0 Å². The minimum absolute atomic E-state index is 0.303. The number of aromatic nitrogens is 1. The molecular weight excluding hydrogens is 520 g/mol. The zero-order chi connectivity index (χ0) is 27.9. The summed E-state index contributed by atoms with van der Waals surface area (Å²) in [6.45, 7) is 2.88. The summed E-state index contributed by atoms with van der Waals surface area (Å²) in [7, 11) is 0. The highest BCUT2D eigenvalue weighted by Gasteiger charge is 2.70. The third-order valence-corrected chi connectivity index (χ3v) is 9.09. The lowest BCUT2D eigenvalue weighted by molar-refractivity contribution is -0.130. The number of benzene rings is 3. The second kappa shape index (κ2) is 8.68. The Labute approximate surface area is 235 Å². The highest BCUT2D eigenvalue weighted by Crippen LogP contribution is 2.54. The van der Waals surface area contributed by atoms with E-state index in [2.05, 4.69) is 22.5 Å². The number of para-hydroxylation sites is 1. The number of aromatic amines is 1. The van der Waals surface area contributed by atoms with E-state index in [0.717, 1.165) is 34.0 Å². The lowest BCUT2D eigenvalue weighted by Crippen LogP contribution is -2.53. The molecule has 0 aliphatic carbocycles.